The number of hydrogen-bond acceptors (Lipinski definition) is 2. The molecule has 8 heavy (non-hydrogen) atoms. The summed E-state index contributed by atoms with van der Waals surface area (Å²) in [5.74, 6) is 0. The first-order valence-corrected chi connectivity index (χ1v) is 3.07. The molecule has 3 heteroatoms. The van der Waals surface area contributed by atoms with Gasteiger partial charge in [0.2, 0.25) is 0 Å². The molecule has 0 amide bonds. The zero-order valence-corrected chi connectivity index (χ0v) is 5.74. The van der Waals surface area contributed by atoms with Crippen molar-refractivity contribution in [2.24, 2.45) is 5.73 Å². The van der Waals surface area contributed by atoms with Gasteiger partial charge in [0.15, 0.2) is 5.05 Å². The van der Waals surface area contributed by atoms with Crippen LogP contribution < -0.4 is 5.73 Å². The lowest BCUT2D eigenvalue weighted by atomic mass is 10.2. The van der Waals surface area contributed by atoms with E-state index >= 15 is 0 Å². The Morgan fingerprint density at radius 1 is 1.88 bits per heavy atom. The average Bonchev–Trinajstić information content (AvgIpc) is 1.67. The summed E-state index contributed by atoms with van der Waals surface area (Å²) in [5, 5.41) is 8.48. The number of nitrogens with two attached hydrogens (primary N) is 1. The average molecular weight is 133 g/mol. The molecule has 0 aliphatic carbocycles. The molecule has 0 bridgehead atoms. The maximum absolute atomic E-state index is 8.56. The van der Waals surface area contributed by atoms with E-state index in [9.17, 15) is 0 Å². The smallest absolute Gasteiger partial charge is 0.173 e. The normalized spacial score (nSPS) is 13.2. The van der Waals surface area contributed by atoms with Crippen molar-refractivity contribution in [1.29, 1.82) is 0 Å². The quantitative estimate of drug-likeness (QED) is 0.564. The molecule has 0 aliphatic rings. The summed E-state index contributed by atoms with van der Waals surface area (Å²) in [4.78, 5) is 0. The molecular formula is C5H11NOS. The fourth-order valence-electron chi connectivity index (χ4n) is 0.434. The topological polar surface area (TPSA) is 46.2 Å². The van der Waals surface area contributed by atoms with E-state index in [1.165, 1.54) is 0 Å². The molecule has 0 radical (unpaired) electrons. The second-order valence-corrected chi connectivity index (χ2v) is 2.15. The van der Waals surface area contributed by atoms with E-state index in [0.717, 1.165) is 12.8 Å². The third-order valence-corrected chi connectivity index (χ3v) is 1.22. The lowest BCUT2D eigenvalue weighted by molar-refractivity contribution is 0.519. The van der Waals surface area contributed by atoms with Crippen molar-refractivity contribution in [3.8, 4) is 0 Å². The zero-order chi connectivity index (χ0) is 6.57. The fourth-order valence-corrected chi connectivity index (χ4v) is 0.552. The lowest BCUT2D eigenvalue weighted by Crippen LogP contribution is -2.28. The number of hydrogen-bond donors (Lipinski definition) is 2. The predicted octanol–water partition coefficient (Wildman–Crippen LogP) is 0.999. The second kappa shape index (κ2) is 3.80. The first-order valence-electron chi connectivity index (χ1n) is 2.67. The first kappa shape index (κ1) is 7.85. The minimum atomic E-state index is -0.296. The van der Waals surface area contributed by atoms with Crippen LogP contribution in [0, 0.1) is 0 Å². The summed E-state index contributed by atoms with van der Waals surface area (Å²) in [6, 6.07) is -0.296. The summed E-state index contributed by atoms with van der Waals surface area (Å²) in [6.45, 7) is 2.00. The number of rotatable bonds is 3. The van der Waals surface area contributed by atoms with Crippen molar-refractivity contribution in [2.45, 2.75) is 25.8 Å². The molecule has 0 spiro atoms. The molecule has 0 unspecified atom stereocenters. The van der Waals surface area contributed by atoms with Gasteiger partial charge < -0.3 is 10.8 Å². The standard InChI is InChI=1S/C5H11NOS/c1-2-3-4(6)5(7)8/h4H,2-3,6H2,1H3,(H,7,8)/t4-/m1/s1. The van der Waals surface area contributed by atoms with Gasteiger partial charge in [-0.25, -0.2) is 0 Å². The highest BCUT2D eigenvalue weighted by Crippen LogP contribution is 1.93. The largest absolute Gasteiger partial charge is 0.501 e. The van der Waals surface area contributed by atoms with Crippen LogP contribution in [-0.2, 0) is 0 Å². The number of thiocarbonyl (C=S) groups is 1. The Labute approximate surface area is 54.7 Å². The molecule has 48 valence electrons. The minimum absolute atomic E-state index is 0.0770. The summed E-state index contributed by atoms with van der Waals surface area (Å²) in [6.07, 6.45) is 1.73. The number of aliphatic hydroxyl groups excluding tert-OH is 1. The molecule has 0 saturated heterocycles. The van der Waals surface area contributed by atoms with Crippen molar-refractivity contribution in [3.63, 3.8) is 0 Å². The van der Waals surface area contributed by atoms with Gasteiger partial charge in [0, 0.05) is 0 Å². The zero-order valence-electron chi connectivity index (χ0n) is 4.92. The molecule has 0 saturated carbocycles. The molecular weight excluding hydrogens is 122 g/mol. The van der Waals surface area contributed by atoms with Crippen LogP contribution in [0.2, 0.25) is 0 Å². The van der Waals surface area contributed by atoms with Crippen molar-refractivity contribution < 1.29 is 5.11 Å². The van der Waals surface area contributed by atoms with Gasteiger partial charge >= 0.3 is 0 Å². The van der Waals surface area contributed by atoms with Gasteiger partial charge in [-0.2, -0.15) is 0 Å². The van der Waals surface area contributed by atoms with E-state index in [4.69, 9.17) is 10.8 Å². The first-order chi connectivity index (χ1) is 3.68. The molecule has 2 nitrogen and oxygen atoms in total. The van der Waals surface area contributed by atoms with Crippen LogP contribution in [0.5, 0.6) is 0 Å². The highest BCUT2D eigenvalue weighted by Gasteiger charge is 2.03. The molecule has 0 fully saturated rings. The van der Waals surface area contributed by atoms with Crippen LogP contribution in [0.3, 0.4) is 0 Å². The van der Waals surface area contributed by atoms with E-state index in [0.29, 0.717) is 0 Å². The molecule has 0 aliphatic heterocycles. The third-order valence-electron chi connectivity index (χ3n) is 0.917. The Kier molecular flexibility index (Phi) is 3.73. The summed E-state index contributed by atoms with van der Waals surface area (Å²) >= 11 is 4.41. The van der Waals surface area contributed by atoms with Crippen LogP contribution in [0.4, 0.5) is 0 Å². The van der Waals surface area contributed by atoms with E-state index < -0.39 is 0 Å². The Morgan fingerprint density at radius 3 is 2.50 bits per heavy atom. The summed E-state index contributed by atoms with van der Waals surface area (Å²) < 4.78 is 0. The number of aliphatic hydroxyl groups is 1. The Morgan fingerprint density at radius 2 is 2.38 bits per heavy atom. The van der Waals surface area contributed by atoms with E-state index in [2.05, 4.69) is 12.2 Å². The molecule has 0 heterocycles. The fraction of sp³-hybridized carbons (Fsp3) is 0.800. The Bertz CT molecular complexity index is 84.5. The van der Waals surface area contributed by atoms with Crippen LogP contribution >= 0.6 is 12.2 Å². The van der Waals surface area contributed by atoms with Crippen molar-refractivity contribution in [1.82, 2.24) is 0 Å². The molecule has 0 aromatic heterocycles. The Balaban J connectivity index is 3.32. The van der Waals surface area contributed by atoms with Crippen LogP contribution in [0.15, 0.2) is 0 Å². The van der Waals surface area contributed by atoms with Crippen LogP contribution in [-0.4, -0.2) is 16.2 Å². The van der Waals surface area contributed by atoms with Gasteiger partial charge in [-0.05, 0) is 18.6 Å². The molecule has 0 rings (SSSR count). The SMILES string of the molecule is CCC[C@@H](N)C(O)=S. The van der Waals surface area contributed by atoms with Gasteiger partial charge in [-0.1, -0.05) is 13.3 Å². The summed E-state index contributed by atoms with van der Waals surface area (Å²) in [7, 11) is 0. The van der Waals surface area contributed by atoms with Gasteiger partial charge in [0.05, 0.1) is 6.04 Å². The minimum Gasteiger partial charge on any atom is -0.501 e. The van der Waals surface area contributed by atoms with Gasteiger partial charge in [0.25, 0.3) is 0 Å². The monoisotopic (exact) mass is 133 g/mol. The van der Waals surface area contributed by atoms with Crippen LogP contribution in [0.25, 0.3) is 0 Å². The summed E-state index contributed by atoms with van der Waals surface area (Å²) in [5.41, 5.74) is 5.34. The van der Waals surface area contributed by atoms with Gasteiger partial charge in [-0.3, -0.25) is 0 Å². The van der Waals surface area contributed by atoms with Crippen LogP contribution in [0.1, 0.15) is 19.8 Å². The third kappa shape index (κ3) is 2.93. The lowest BCUT2D eigenvalue weighted by Gasteiger charge is -2.03. The molecule has 3 N–H and O–H groups in total. The van der Waals surface area contributed by atoms with E-state index in [1.54, 1.807) is 0 Å². The highest BCUT2D eigenvalue weighted by molar-refractivity contribution is 7.80. The second-order valence-electron chi connectivity index (χ2n) is 1.73. The maximum Gasteiger partial charge on any atom is 0.173 e. The predicted molar refractivity (Wildman–Crippen MR) is 38.1 cm³/mol. The molecule has 0 aromatic rings. The van der Waals surface area contributed by atoms with E-state index in [-0.39, 0.29) is 11.1 Å². The van der Waals surface area contributed by atoms with Gasteiger partial charge in [0.1, 0.15) is 0 Å². The van der Waals surface area contributed by atoms with Gasteiger partial charge in [-0.15, -0.1) is 0 Å². The Hall–Kier alpha value is -0.150. The van der Waals surface area contributed by atoms with Crippen molar-refractivity contribution >= 4 is 17.3 Å². The van der Waals surface area contributed by atoms with E-state index in [1.807, 2.05) is 6.92 Å². The van der Waals surface area contributed by atoms with Crippen molar-refractivity contribution in [2.75, 3.05) is 0 Å². The van der Waals surface area contributed by atoms with Crippen molar-refractivity contribution in [3.05, 3.63) is 0 Å². The maximum atomic E-state index is 8.56. The molecule has 1 atom stereocenters. The molecule has 0 aromatic carbocycles. The highest BCUT2D eigenvalue weighted by atomic mass is 32.1.